The third-order valence-electron chi connectivity index (χ3n) is 1.95. The molecule has 0 aromatic carbocycles. The minimum absolute atomic E-state index is 0.0887. The first-order chi connectivity index (χ1) is 7.97. The van der Waals surface area contributed by atoms with E-state index in [0.29, 0.717) is 5.76 Å². The summed E-state index contributed by atoms with van der Waals surface area (Å²) < 4.78 is 31.5. The highest BCUT2D eigenvalue weighted by Gasteiger charge is 2.17. The van der Waals surface area contributed by atoms with Crippen molar-refractivity contribution in [2.24, 2.45) is 0 Å². The average Bonchev–Trinajstić information content (AvgIpc) is 2.85. The minimum atomic E-state index is -3.57. The fraction of sp³-hybridized carbons (Fsp3) is 0.222. The molecule has 0 saturated carbocycles. The van der Waals surface area contributed by atoms with Crippen LogP contribution in [0.1, 0.15) is 11.5 Å². The van der Waals surface area contributed by atoms with Crippen molar-refractivity contribution in [3.63, 3.8) is 0 Å². The Morgan fingerprint density at radius 1 is 1.53 bits per heavy atom. The number of sulfonamides is 1. The minimum Gasteiger partial charge on any atom is -0.465 e. The van der Waals surface area contributed by atoms with Gasteiger partial charge >= 0.3 is 0 Å². The molecule has 0 aliphatic rings. The summed E-state index contributed by atoms with van der Waals surface area (Å²) >= 11 is 6.49. The van der Waals surface area contributed by atoms with E-state index in [1.165, 1.54) is 6.20 Å². The van der Waals surface area contributed by atoms with Gasteiger partial charge in [0.1, 0.15) is 11.5 Å². The van der Waals surface area contributed by atoms with Gasteiger partial charge in [-0.3, -0.25) is 0 Å². The second-order valence-electron chi connectivity index (χ2n) is 3.27. The molecule has 0 atom stereocenters. The van der Waals surface area contributed by atoms with Crippen LogP contribution < -0.4 is 4.72 Å². The summed E-state index contributed by atoms with van der Waals surface area (Å²) in [6.45, 7) is 1.90. The summed E-state index contributed by atoms with van der Waals surface area (Å²) in [7, 11) is -3.57. The molecule has 2 heterocycles. The van der Waals surface area contributed by atoms with E-state index in [9.17, 15) is 8.42 Å². The molecule has 0 aliphatic carbocycles. The van der Waals surface area contributed by atoms with Gasteiger partial charge in [-0.25, -0.2) is 18.1 Å². The zero-order chi connectivity index (χ0) is 12.5. The van der Waals surface area contributed by atoms with Crippen LogP contribution in [0, 0.1) is 6.92 Å². The van der Waals surface area contributed by atoms with Crippen molar-refractivity contribution in [1.82, 2.24) is 9.71 Å². The summed E-state index contributed by atoms with van der Waals surface area (Å²) in [5, 5.41) is 0. The predicted octanol–water partition coefficient (Wildman–Crippen LogP) is 2.18. The van der Waals surface area contributed by atoms with Gasteiger partial charge < -0.3 is 4.42 Å². The highest BCUT2D eigenvalue weighted by atomic mass is 35.5. The average molecular weight is 293 g/mol. The van der Waals surface area contributed by atoms with E-state index in [1.54, 1.807) is 19.1 Å². The van der Waals surface area contributed by atoms with Crippen molar-refractivity contribution in [1.29, 1.82) is 0 Å². The molecule has 2 aromatic rings. The van der Waals surface area contributed by atoms with Crippen LogP contribution in [0.2, 0.25) is 4.47 Å². The Hall–Kier alpha value is -0.890. The molecule has 1 N–H and O–H groups in total. The Kier molecular flexibility index (Phi) is 3.53. The number of thiazole rings is 1. The van der Waals surface area contributed by atoms with Crippen LogP contribution in [0.15, 0.2) is 27.0 Å². The Morgan fingerprint density at radius 3 is 2.82 bits per heavy atom. The Morgan fingerprint density at radius 2 is 2.29 bits per heavy atom. The maximum Gasteiger partial charge on any atom is 0.252 e. The lowest BCUT2D eigenvalue weighted by atomic mass is 10.4. The summed E-state index contributed by atoms with van der Waals surface area (Å²) in [4.78, 5) is 3.68. The number of rotatable bonds is 4. The first kappa shape index (κ1) is 12.6. The predicted molar refractivity (Wildman–Crippen MR) is 64.6 cm³/mol. The molecule has 2 rings (SSSR count). The number of nitrogens with zero attached hydrogens (tertiary/aromatic N) is 1. The zero-order valence-electron chi connectivity index (χ0n) is 8.81. The van der Waals surface area contributed by atoms with Crippen molar-refractivity contribution in [3.05, 3.63) is 34.3 Å². The van der Waals surface area contributed by atoms with Crippen molar-refractivity contribution < 1.29 is 12.8 Å². The van der Waals surface area contributed by atoms with Gasteiger partial charge in [0.25, 0.3) is 10.0 Å². The molecular weight excluding hydrogens is 284 g/mol. The number of aryl methyl sites for hydroxylation is 1. The van der Waals surface area contributed by atoms with Crippen LogP contribution in [-0.2, 0) is 16.6 Å². The van der Waals surface area contributed by atoms with Crippen molar-refractivity contribution in [2.75, 3.05) is 0 Å². The number of hydrogen-bond donors (Lipinski definition) is 1. The molecule has 0 spiro atoms. The quantitative estimate of drug-likeness (QED) is 0.937. The molecule has 17 heavy (non-hydrogen) atoms. The second-order valence-corrected chi connectivity index (χ2v) is 6.88. The largest absolute Gasteiger partial charge is 0.465 e. The molecule has 92 valence electrons. The van der Waals surface area contributed by atoms with E-state index >= 15 is 0 Å². The molecular formula is C9H9ClN2O3S2. The van der Waals surface area contributed by atoms with E-state index in [4.69, 9.17) is 16.0 Å². The van der Waals surface area contributed by atoms with Gasteiger partial charge in [-0.2, -0.15) is 0 Å². The number of hydrogen-bond acceptors (Lipinski definition) is 5. The SMILES string of the molecule is Cc1ccc(CNS(=O)(=O)c2cnc(Cl)s2)o1. The summed E-state index contributed by atoms with van der Waals surface area (Å²) in [5.41, 5.74) is 0. The van der Waals surface area contributed by atoms with E-state index in [0.717, 1.165) is 17.1 Å². The lowest BCUT2D eigenvalue weighted by Gasteiger charge is -2.01. The number of aromatic nitrogens is 1. The van der Waals surface area contributed by atoms with Crippen LogP contribution >= 0.6 is 22.9 Å². The molecule has 0 bridgehead atoms. The van der Waals surface area contributed by atoms with Gasteiger partial charge in [0.05, 0.1) is 12.7 Å². The van der Waals surface area contributed by atoms with Crippen LogP contribution in [0.3, 0.4) is 0 Å². The standard InChI is InChI=1S/C9H9ClN2O3S2/c1-6-2-3-7(15-6)4-12-17(13,14)8-5-11-9(10)16-8/h2-3,5,12H,4H2,1H3. The van der Waals surface area contributed by atoms with Crippen LogP contribution in [0.5, 0.6) is 0 Å². The third-order valence-corrected chi connectivity index (χ3v) is 4.93. The van der Waals surface area contributed by atoms with Gasteiger partial charge in [0, 0.05) is 0 Å². The summed E-state index contributed by atoms with van der Waals surface area (Å²) in [5.74, 6) is 1.29. The van der Waals surface area contributed by atoms with Crippen LogP contribution in [0.25, 0.3) is 0 Å². The Labute approximate surface area is 107 Å². The topological polar surface area (TPSA) is 72.2 Å². The van der Waals surface area contributed by atoms with Crippen LogP contribution in [-0.4, -0.2) is 13.4 Å². The first-order valence-corrected chi connectivity index (χ1v) is 7.31. The highest BCUT2D eigenvalue weighted by Crippen LogP contribution is 2.22. The third kappa shape index (κ3) is 3.06. The lowest BCUT2D eigenvalue weighted by Crippen LogP contribution is -2.22. The second kappa shape index (κ2) is 4.77. The van der Waals surface area contributed by atoms with E-state index in [1.807, 2.05) is 0 Å². The van der Waals surface area contributed by atoms with Gasteiger partial charge in [-0.1, -0.05) is 22.9 Å². The van der Waals surface area contributed by atoms with Crippen molar-refractivity contribution in [3.8, 4) is 0 Å². The molecule has 0 fully saturated rings. The molecule has 0 radical (unpaired) electrons. The maximum absolute atomic E-state index is 11.8. The van der Waals surface area contributed by atoms with Crippen molar-refractivity contribution >= 4 is 33.0 Å². The van der Waals surface area contributed by atoms with E-state index in [2.05, 4.69) is 9.71 Å². The van der Waals surface area contributed by atoms with Crippen molar-refractivity contribution in [2.45, 2.75) is 17.7 Å². The molecule has 0 aliphatic heterocycles. The maximum atomic E-state index is 11.8. The molecule has 0 saturated heterocycles. The molecule has 8 heteroatoms. The number of nitrogens with one attached hydrogen (secondary N) is 1. The monoisotopic (exact) mass is 292 g/mol. The number of furan rings is 1. The fourth-order valence-corrected chi connectivity index (χ4v) is 3.51. The molecule has 0 amide bonds. The van der Waals surface area contributed by atoms with Gasteiger partial charge in [0.2, 0.25) is 0 Å². The molecule has 2 aromatic heterocycles. The Balaban J connectivity index is 2.08. The normalized spacial score (nSPS) is 11.9. The molecule has 5 nitrogen and oxygen atoms in total. The van der Waals surface area contributed by atoms with E-state index < -0.39 is 10.0 Å². The molecule has 0 unspecified atom stereocenters. The smallest absolute Gasteiger partial charge is 0.252 e. The summed E-state index contributed by atoms with van der Waals surface area (Å²) in [6, 6.07) is 3.49. The summed E-state index contributed by atoms with van der Waals surface area (Å²) in [6.07, 6.45) is 1.22. The lowest BCUT2D eigenvalue weighted by molar-refractivity contribution is 0.475. The van der Waals surface area contributed by atoms with Gasteiger partial charge in [0.15, 0.2) is 8.68 Å². The van der Waals surface area contributed by atoms with Gasteiger partial charge in [-0.05, 0) is 19.1 Å². The fourth-order valence-electron chi connectivity index (χ4n) is 1.18. The zero-order valence-corrected chi connectivity index (χ0v) is 11.2. The van der Waals surface area contributed by atoms with Gasteiger partial charge in [-0.15, -0.1) is 0 Å². The highest BCUT2D eigenvalue weighted by molar-refractivity contribution is 7.91. The first-order valence-electron chi connectivity index (χ1n) is 4.64. The van der Waals surface area contributed by atoms with E-state index in [-0.39, 0.29) is 15.2 Å². The number of halogens is 1. The Bertz CT molecular complexity index is 618. The van der Waals surface area contributed by atoms with Crippen LogP contribution in [0.4, 0.5) is 0 Å².